The van der Waals surface area contributed by atoms with Crippen LogP contribution in [0.15, 0.2) is 36.4 Å². The highest BCUT2D eigenvalue weighted by atomic mass is 16.5. The van der Waals surface area contributed by atoms with Crippen LogP contribution < -0.4 is 0 Å². The molecule has 1 aliphatic heterocycles. The van der Waals surface area contributed by atoms with E-state index in [2.05, 4.69) is 0 Å². The molecule has 1 amide bonds. The first-order chi connectivity index (χ1) is 10.6. The van der Waals surface area contributed by atoms with Crippen molar-refractivity contribution in [3.05, 3.63) is 47.5 Å². The van der Waals surface area contributed by atoms with Crippen molar-refractivity contribution in [3.8, 4) is 0 Å². The lowest BCUT2D eigenvalue weighted by Crippen LogP contribution is -2.40. The number of fused-ring (bicyclic) bond motifs is 1. The van der Waals surface area contributed by atoms with E-state index >= 15 is 0 Å². The van der Waals surface area contributed by atoms with Gasteiger partial charge in [-0.3, -0.25) is 9.59 Å². The second-order valence-corrected chi connectivity index (χ2v) is 5.59. The Labute approximate surface area is 129 Å². The van der Waals surface area contributed by atoms with Crippen molar-refractivity contribution in [2.45, 2.75) is 32.0 Å². The number of aliphatic hydroxyl groups excluding tert-OH is 1. The lowest BCUT2D eigenvalue weighted by molar-refractivity contribution is -0.149. The van der Waals surface area contributed by atoms with Crippen molar-refractivity contribution in [2.24, 2.45) is 5.92 Å². The van der Waals surface area contributed by atoms with Crippen molar-refractivity contribution in [1.82, 2.24) is 4.90 Å². The molecule has 3 atom stereocenters. The molecule has 5 heteroatoms. The summed E-state index contributed by atoms with van der Waals surface area (Å²) >= 11 is 0. The first kappa shape index (κ1) is 14.8. The fourth-order valence-corrected chi connectivity index (χ4v) is 3.17. The number of aliphatic hydroxyl groups is 1. The zero-order chi connectivity index (χ0) is 15.7. The number of carbonyl (C=O) groups excluding carboxylic acids is 2. The van der Waals surface area contributed by atoms with Gasteiger partial charge in [0.15, 0.2) is 6.23 Å². The fraction of sp³-hybridized carbons (Fsp3) is 0.412. The molecule has 1 heterocycles. The summed E-state index contributed by atoms with van der Waals surface area (Å²) in [4.78, 5) is 25.9. The maximum absolute atomic E-state index is 12.5. The summed E-state index contributed by atoms with van der Waals surface area (Å²) < 4.78 is 5.07. The summed E-state index contributed by atoms with van der Waals surface area (Å²) in [5, 5.41) is 10.4. The number of ether oxygens (including phenoxy) is 1. The first-order valence-corrected chi connectivity index (χ1v) is 7.56. The van der Waals surface area contributed by atoms with Gasteiger partial charge in [0.05, 0.1) is 18.6 Å². The molecule has 0 aromatic heterocycles. The molecule has 0 radical (unpaired) electrons. The van der Waals surface area contributed by atoms with Gasteiger partial charge >= 0.3 is 5.97 Å². The molecule has 0 spiro atoms. The number of carbonyl (C=O) groups is 2. The lowest BCUT2D eigenvalue weighted by Gasteiger charge is -2.33. The number of hydrogen-bond donors (Lipinski definition) is 1. The van der Waals surface area contributed by atoms with Crippen LogP contribution in [-0.2, 0) is 9.53 Å². The Balaban J connectivity index is 1.81. The van der Waals surface area contributed by atoms with Crippen molar-refractivity contribution in [1.29, 1.82) is 0 Å². The fourth-order valence-electron chi connectivity index (χ4n) is 3.17. The number of nitrogens with zero attached hydrogens (tertiary/aromatic N) is 1. The Bertz CT molecular complexity index is 625. The molecule has 1 aromatic carbocycles. The van der Waals surface area contributed by atoms with Gasteiger partial charge in [0, 0.05) is 11.1 Å². The van der Waals surface area contributed by atoms with Crippen LogP contribution in [0.1, 0.15) is 41.9 Å². The quantitative estimate of drug-likeness (QED) is 0.685. The summed E-state index contributed by atoms with van der Waals surface area (Å²) in [6, 6.07) is 6.77. The Hall–Kier alpha value is -2.14. The second-order valence-electron chi connectivity index (χ2n) is 5.59. The van der Waals surface area contributed by atoms with Crippen LogP contribution in [0.4, 0.5) is 0 Å². The third kappa shape index (κ3) is 2.41. The predicted octanol–water partition coefficient (Wildman–Crippen LogP) is 2.03. The standard InChI is InChI=1S/C17H19NO4/c1-2-22-17(21)11-6-5-7-12(10-11)18-15(19)13-8-3-4-9-14(13)16(18)20/h3-5,7-9,11-12,15,19H,2,6,10H2,1H3/t11-,12-,15?/m1/s1. The van der Waals surface area contributed by atoms with Gasteiger partial charge in [0.1, 0.15) is 0 Å². The second kappa shape index (κ2) is 5.93. The summed E-state index contributed by atoms with van der Waals surface area (Å²) in [6.45, 7) is 2.12. The minimum Gasteiger partial charge on any atom is -0.466 e. The Morgan fingerprint density at radius 2 is 2.18 bits per heavy atom. The van der Waals surface area contributed by atoms with E-state index in [4.69, 9.17) is 4.74 Å². The largest absolute Gasteiger partial charge is 0.466 e. The van der Waals surface area contributed by atoms with E-state index < -0.39 is 6.23 Å². The Morgan fingerprint density at radius 1 is 1.41 bits per heavy atom. The van der Waals surface area contributed by atoms with E-state index in [0.717, 1.165) is 0 Å². The molecule has 1 aliphatic carbocycles. The Kier molecular flexibility index (Phi) is 3.98. The number of esters is 1. The van der Waals surface area contributed by atoms with Gasteiger partial charge in [-0.2, -0.15) is 0 Å². The van der Waals surface area contributed by atoms with E-state index in [0.29, 0.717) is 30.6 Å². The highest BCUT2D eigenvalue weighted by molar-refractivity contribution is 5.99. The van der Waals surface area contributed by atoms with Gasteiger partial charge in [0.25, 0.3) is 5.91 Å². The smallest absolute Gasteiger partial charge is 0.309 e. The van der Waals surface area contributed by atoms with Crippen LogP contribution in [0.5, 0.6) is 0 Å². The first-order valence-electron chi connectivity index (χ1n) is 7.56. The van der Waals surface area contributed by atoms with E-state index in [-0.39, 0.29) is 23.8 Å². The van der Waals surface area contributed by atoms with Gasteiger partial charge in [-0.25, -0.2) is 0 Å². The van der Waals surface area contributed by atoms with E-state index in [1.54, 1.807) is 31.2 Å². The molecule has 0 bridgehead atoms. The van der Waals surface area contributed by atoms with Crippen molar-refractivity contribution in [2.75, 3.05) is 6.61 Å². The molecule has 1 unspecified atom stereocenters. The molecule has 0 saturated heterocycles. The van der Waals surface area contributed by atoms with Crippen LogP contribution >= 0.6 is 0 Å². The van der Waals surface area contributed by atoms with E-state index in [9.17, 15) is 14.7 Å². The lowest BCUT2D eigenvalue weighted by atomic mass is 9.90. The molecule has 5 nitrogen and oxygen atoms in total. The average Bonchev–Trinajstić information content (AvgIpc) is 2.80. The zero-order valence-corrected chi connectivity index (χ0v) is 12.4. The molecule has 0 fully saturated rings. The third-order valence-electron chi connectivity index (χ3n) is 4.25. The number of benzene rings is 1. The summed E-state index contributed by atoms with van der Waals surface area (Å²) in [5.41, 5.74) is 1.15. The minimum atomic E-state index is -0.959. The van der Waals surface area contributed by atoms with Gasteiger partial charge in [-0.1, -0.05) is 30.4 Å². The number of rotatable bonds is 3. The van der Waals surface area contributed by atoms with E-state index in [1.807, 2.05) is 12.2 Å². The molecule has 3 rings (SSSR count). The monoisotopic (exact) mass is 301 g/mol. The highest BCUT2D eigenvalue weighted by Gasteiger charge is 2.41. The predicted molar refractivity (Wildman–Crippen MR) is 79.9 cm³/mol. The van der Waals surface area contributed by atoms with Gasteiger partial charge in [-0.15, -0.1) is 0 Å². The van der Waals surface area contributed by atoms with Crippen molar-refractivity contribution in [3.63, 3.8) is 0 Å². The summed E-state index contributed by atoms with van der Waals surface area (Å²) in [7, 11) is 0. The van der Waals surface area contributed by atoms with Gasteiger partial charge in [-0.05, 0) is 25.8 Å². The topological polar surface area (TPSA) is 66.8 Å². The van der Waals surface area contributed by atoms with Crippen LogP contribution in [-0.4, -0.2) is 34.5 Å². The maximum atomic E-state index is 12.5. The van der Waals surface area contributed by atoms with E-state index in [1.165, 1.54) is 4.90 Å². The molecule has 116 valence electrons. The average molecular weight is 301 g/mol. The van der Waals surface area contributed by atoms with Crippen LogP contribution in [0.25, 0.3) is 0 Å². The molecule has 1 aromatic rings. The molecular weight excluding hydrogens is 282 g/mol. The minimum absolute atomic E-state index is 0.192. The van der Waals surface area contributed by atoms with Gasteiger partial charge in [0.2, 0.25) is 0 Å². The molecule has 1 N–H and O–H groups in total. The zero-order valence-electron chi connectivity index (χ0n) is 12.4. The molecule has 0 saturated carbocycles. The summed E-state index contributed by atoms with van der Waals surface area (Å²) in [5.74, 6) is -0.698. The van der Waals surface area contributed by atoms with Crippen LogP contribution in [0.2, 0.25) is 0 Å². The summed E-state index contributed by atoms with van der Waals surface area (Å²) in [6.07, 6.45) is 3.91. The van der Waals surface area contributed by atoms with Crippen molar-refractivity contribution >= 4 is 11.9 Å². The SMILES string of the molecule is CCOC(=O)[C@@H]1CC=C[C@@H](N2C(=O)c3ccccc3C2O)C1. The van der Waals surface area contributed by atoms with Crippen molar-refractivity contribution < 1.29 is 19.4 Å². The molecular formula is C17H19NO4. The van der Waals surface area contributed by atoms with Crippen LogP contribution in [0.3, 0.4) is 0 Å². The van der Waals surface area contributed by atoms with Crippen LogP contribution in [0, 0.1) is 5.92 Å². The Morgan fingerprint density at radius 3 is 2.91 bits per heavy atom. The normalized spacial score (nSPS) is 26.9. The maximum Gasteiger partial charge on any atom is 0.309 e. The number of allylic oxidation sites excluding steroid dienone is 1. The molecule has 2 aliphatic rings. The number of hydrogen-bond acceptors (Lipinski definition) is 4. The highest BCUT2D eigenvalue weighted by Crippen LogP contribution is 2.36. The molecule has 22 heavy (non-hydrogen) atoms. The number of amides is 1. The third-order valence-corrected chi connectivity index (χ3v) is 4.25. The van der Waals surface area contributed by atoms with Gasteiger partial charge < -0.3 is 14.7 Å².